The van der Waals surface area contributed by atoms with Crippen molar-refractivity contribution in [3.63, 3.8) is 0 Å². The van der Waals surface area contributed by atoms with Crippen molar-refractivity contribution in [2.75, 3.05) is 13.2 Å². The van der Waals surface area contributed by atoms with Crippen LogP contribution in [0.5, 0.6) is 11.5 Å². The highest BCUT2D eigenvalue weighted by Gasteiger charge is 2.15. The molecule has 0 fully saturated rings. The topological polar surface area (TPSA) is 163 Å². The zero-order valence-corrected chi connectivity index (χ0v) is 29.3. The summed E-state index contributed by atoms with van der Waals surface area (Å²) in [7, 11) is 0. The lowest BCUT2D eigenvalue weighted by molar-refractivity contribution is -0.139. The number of carboxylic acids is 1. The summed E-state index contributed by atoms with van der Waals surface area (Å²) >= 11 is 0. The van der Waals surface area contributed by atoms with Crippen LogP contribution < -0.4 is 14.8 Å². The SMILES string of the molecule is [C-]#[N+]c1cc(CNC[C@@H](O)CC(=O)O)ccc1OCc1cccc(-c2cccc(COc3ccc(CCC[C@@H](O)COC=O)cc3C#N)c2C)c1C. The lowest BCUT2D eigenvalue weighted by atomic mass is 9.92. The van der Waals surface area contributed by atoms with Crippen LogP contribution in [0.4, 0.5) is 5.69 Å². The molecule has 0 saturated heterocycles. The Hall–Kier alpha value is -5.72. The Morgan fingerprint density at radius 2 is 1.56 bits per heavy atom. The summed E-state index contributed by atoms with van der Waals surface area (Å²) in [6.45, 7) is 13.1. The zero-order valence-electron chi connectivity index (χ0n) is 29.3. The van der Waals surface area contributed by atoms with E-state index < -0.39 is 18.2 Å². The minimum absolute atomic E-state index is 0.0327. The molecule has 52 heavy (non-hydrogen) atoms. The number of aliphatic hydroxyl groups is 2. The molecule has 0 radical (unpaired) electrons. The molecule has 11 heteroatoms. The maximum Gasteiger partial charge on any atom is 0.306 e. The van der Waals surface area contributed by atoms with Crippen molar-refractivity contribution in [2.45, 2.75) is 71.5 Å². The number of hydrogen-bond acceptors (Lipinski definition) is 9. The van der Waals surface area contributed by atoms with Gasteiger partial charge < -0.3 is 34.8 Å². The van der Waals surface area contributed by atoms with E-state index in [1.807, 2.05) is 50.2 Å². The first-order valence-electron chi connectivity index (χ1n) is 16.9. The third-order valence-corrected chi connectivity index (χ3v) is 8.74. The summed E-state index contributed by atoms with van der Waals surface area (Å²) in [6, 6.07) is 25.1. The molecular formula is C41H43N3O8. The average Bonchev–Trinajstić information content (AvgIpc) is 3.13. The third kappa shape index (κ3) is 11.1. The fourth-order valence-corrected chi connectivity index (χ4v) is 5.83. The van der Waals surface area contributed by atoms with Crippen LogP contribution in [0, 0.1) is 31.8 Å². The second-order valence-electron chi connectivity index (χ2n) is 12.5. The van der Waals surface area contributed by atoms with Crippen molar-refractivity contribution >= 4 is 18.1 Å². The second-order valence-corrected chi connectivity index (χ2v) is 12.5. The van der Waals surface area contributed by atoms with Crippen LogP contribution >= 0.6 is 0 Å². The normalized spacial score (nSPS) is 11.9. The van der Waals surface area contributed by atoms with Crippen LogP contribution in [0.1, 0.15) is 58.2 Å². The number of carboxylic acid groups (broad SMARTS) is 1. The fraction of sp³-hybridized carbons (Fsp3) is 0.317. The molecule has 4 rings (SSSR count). The Morgan fingerprint density at radius 3 is 2.17 bits per heavy atom. The highest BCUT2D eigenvalue weighted by Crippen LogP contribution is 2.33. The van der Waals surface area contributed by atoms with Gasteiger partial charge in [-0.15, -0.1) is 0 Å². The van der Waals surface area contributed by atoms with Crippen LogP contribution in [-0.4, -0.2) is 53.1 Å². The predicted molar refractivity (Wildman–Crippen MR) is 195 cm³/mol. The summed E-state index contributed by atoms with van der Waals surface area (Å²) in [5, 5.41) is 41.3. The van der Waals surface area contributed by atoms with E-state index in [9.17, 15) is 25.1 Å². The van der Waals surface area contributed by atoms with Gasteiger partial charge in [0, 0.05) is 13.1 Å². The molecule has 0 unspecified atom stereocenters. The highest BCUT2D eigenvalue weighted by molar-refractivity contribution is 5.72. The number of nitrogens with one attached hydrogen (secondary N) is 1. The minimum atomic E-state index is -1.07. The summed E-state index contributed by atoms with van der Waals surface area (Å²) in [6.07, 6.45) is -0.250. The first-order chi connectivity index (χ1) is 25.1. The molecule has 270 valence electrons. The van der Waals surface area contributed by atoms with E-state index in [4.69, 9.17) is 21.2 Å². The number of benzene rings is 4. The van der Waals surface area contributed by atoms with Gasteiger partial charge in [0.2, 0.25) is 5.69 Å². The number of aliphatic hydroxyl groups excluding tert-OH is 2. The molecular weight excluding hydrogens is 662 g/mol. The number of aryl methyl sites for hydroxylation is 1. The maximum absolute atomic E-state index is 10.8. The Balaban J connectivity index is 1.40. The molecule has 0 aliphatic rings. The largest absolute Gasteiger partial charge is 0.500 e. The molecule has 4 aromatic carbocycles. The molecule has 0 aromatic heterocycles. The van der Waals surface area contributed by atoms with E-state index in [2.05, 4.69) is 33.1 Å². The van der Waals surface area contributed by atoms with Gasteiger partial charge in [-0.2, -0.15) is 5.26 Å². The molecule has 0 saturated carbocycles. The monoisotopic (exact) mass is 705 g/mol. The van der Waals surface area contributed by atoms with E-state index in [1.165, 1.54) is 0 Å². The Kier molecular flexibility index (Phi) is 14.7. The third-order valence-electron chi connectivity index (χ3n) is 8.74. The minimum Gasteiger partial charge on any atom is -0.500 e. The smallest absolute Gasteiger partial charge is 0.306 e. The first kappa shape index (κ1) is 39.1. The molecule has 0 aliphatic heterocycles. The van der Waals surface area contributed by atoms with E-state index in [-0.39, 0.29) is 32.8 Å². The lowest BCUT2D eigenvalue weighted by Crippen LogP contribution is -2.28. The highest BCUT2D eigenvalue weighted by atomic mass is 16.5. The number of carbonyl (C=O) groups excluding carboxylic acids is 1. The number of carbonyl (C=O) groups is 2. The van der Waals surface area contributed by atoms with Gasteiger partial charge in [0.05, 0.1) is 30.8 Å². The number of nitriles is 1. The average molecular weight is 706 g/mol. The predicted octanol–water partition coefficient (Wildman–Crippen LogP) is 6.33. The second kappa shape index (κ2) is 19.6. The Labute approximate surface area is 303 Å². The number of aliphatic carboxylic acids is 1. The summed E-state index contributed by atoms with van der Waals surface area (Å²) in [5.74, 6) is -0.124. The molecule has 11 nitrogen and oxygen atoms in total. The van der Waals surface area contributed by atoms with Gasteiger partial charge in [-0.05, 0) is 102 Å². The van der Waals surface area contributed by atoms with Gasteiger partial charge in [-0.25, -0.2) is 4.85 Å². The van der Waals surface area contributed by atoms with Crippen molar-refractivity contribution in [3.8, 4) is 28.7 Å². The van der Waals surface area contributed by atoms with Gasteiger partial charge in [-0.3, -0.25) is 9.59 Å². The summed E-state index contributed by atoms with van der Waals surface area (Å²) < 4.78 is 16.9. The van der Waals surface area contributed by atoms with Crippen molar-refractivity contribution in [3.05, 3.63) is 123 Å². The van der Waals surface area contributed by atoms with Gasteiger partial charge >= 0.3 is 5.97 Å². The van der Waals surface area contributed by atoms with Crippen LogP contribution in [0.2, 0.25) is 0 Å². The number of ether oxygens (including phenoxy) is 3. The first-order valence-corrected chi connectivity index (χ1v) is 16.9. The molecule has 0 heterocycles. The van der Waals surface area contributed by atoms with E-state index >= 15 is 0 Å². The quantitative estimate of drug-likeness (QED) is 0.0604. The zero-order chi connectivity index (χ0) is 37.5. The molecule has 0 bridgehead atoms. The van der Waals surface area contributed by atoms with Gasteiger partial charge in [0.25, 0.3) is 6.47 Å². The van der Waals surface area contributed by atoms with Crippen LogP contribution in [0.25, 0.3) is 16.0 Å². The summed E-state index contributed by atoms with van der Waals surface area (Å²) in [5.41, 5.74) is 8.67. The van der Waals surface area contributed by atoms with Crippen molar-refractivity contribution in [1.82, 2.24) is 5.32 Å². The van der Waals surface area contributed by atoms with Crippen LogP contribution in [0.3, 0.4) is 0 Å². The molecule has 0 aliphatic carbocycles. The Morgan fingerprint density at radius 1 is 0.923 bits per heavy atom. The van der Waals surface area contributed by atoms with Gasteiger partial charge in [0.15, 0.2) is 0 Å². The number of rotatable bonds is 20. The number of nitrogens with zero attached hydrogens (tertiary/aromatic N) is 2. The summed E-state index contributed by atoms with van der Waals surface area (Å²) in [4.78, 5) is 24.7. The van der Waals surface area contributed by atoms with E-state index in [1.54, 1.807) is 24.3 Å². The van der Waals surface area contributed by atoms with Crippen molar-refractivity contribution in [2.24, 2.45) is 0 Å². The number of hydrogen-bond donors (Lipinski definition) is 4. The fourth-order valence-electron chi connectivity index (χ4n) is 5.83. The molecule has 0 spiro atoms. The van der Waals surface area contributed by atoms with Crippen LogP contribution in [-0.2, 0) is 40.5 Å². The van der Waals surface area contributed by atoms with Crippen molar-refractivity contribution in [1.29, 1.82) is 5.26 Å². The van der Waals surface area contributed by atoms with Crippen LogP contribution in [0.15, 0.2) is 72.8 Å². The van der Waals surface area contributed by atoms with E-state index in [0.29, 0.717) is 55.0 Å². The van der Waals surface area contributed by atoms with E-state index in [0.717, 1.165) is 44.5 Å². The van der Waals surface area contributed by atoms with Gasteiger partial charge in [-0.1, -0.05) is 48.5 Å². The molecule has 4 N–H and O–H groups in total. The van der Waals surface area contributed by atoms with Gasteiger partial charge in [0.1, 0.15) is 37.4 Å². The lowest BCUT2D eigenvalue weighted by Gasteiger charge is -2.17. The molecule has 2 atom stereocenters. The molecule has 0 amide bonds. The molecule has 4 aromatic rings. The Bertz CT molecular complexity index is 1930. The standard InChI is InChI=1S/C41H43N3O8/c1-27-31(23-51-39-15-13-29(17-33(39)20-42)7-4-10-34(46)25-50-26-45)8-5-11-36(27)37-12-6-9-32(28(37)2)24-52-40-16-14-30(18-38(40)43-3)21-44-22-35(47)19-41(48)49/h5-6,8-9,11-18,26,34-35,44,46-47H,4,7,10,19,21-25H2,1-2H3,(H,48,49)/t34-,35+/m1/s1. The van der Waals surface area contributed by atoms with Crippen molar-refractivity contribution < 1.29 is 39.1 Å². The maximum atomic E-state index is 10.8.